The van der Waals surface area contributed by atoms with E-state index in [1.165, 1.54) is 38.4 Å². The van der Waals surface area contributed by atoms with Crippen LogP contribution in [-0.2, 0) is 15.6 Å². The van der Waals surface area contributed by atoms with Gasteiger partial charge in [-0.2, -0.15) is 0 Å². The molecule has 1 fully saturated rings. The number of benzene rings is 1. The highest BCUT2D eigenvalue weighted by Crippen LogP contribution is 2.51. The Hall–Kier alpha value is -3.91. The van der Waals surface area contributed by atoms with E-state index in [1.54, 1.807) is 13.3 Å². The van der Waals surface area contributed by atoms with Gasteiger partial charge in [-0.25, -0.2) is 31.5 Å². The first kappa shape index (κ1) is 28.1. The Morgan fingerprint density at radius 3 is 2.67 bits per heavy atom. The number of sulfonamides is 1. The molecule has 2 atom stereocenters. The molecule has 2 aliphatic rings. The van der Waals surface area contributed by atoms with Gasteiger partial charge in [0.05, 0.1) is 6.20 Å². The number of carbonyl (C=O) groups is 1. The molecule has 1 spiro atoms. The number of hydrogen-bond donors (Lipinski definition) is 3. The van der Waals surface area contributed by atoms with Crippen LogP contribution in [0.2, 0.25) is 0 Å². The molecular formula is C25H30F2N8O3S. The molecule has 1 aromatic heterocycles. The van der Waals surface area contributed by atoms with Gasteiger partial charge in [-0.15, -0.1) is 0 Å². The van der Waals surface area contributed by atoms with Crippen LogP contribution in [-0.4, -0.2) is 79.2 Å². The van der Waals surface area contributed by atoms with Crippen LogP contribution in [0.25, 0.3) is 0 Å². The number of nitrogens with zero attached hydrogens (tertiary/aromatic N) is 5. The van der Waals surface area contributed by atoms with E-state index in [-0.39, 0.29) is 35.9 Å². The van der Waals surface area contributed by atoms with E-state index in [1.807, 2.05) is 4.90 Å². The van der Waals surface area contributed by atoms with Gasteiger partial charge in [0, 0.05) is 51.2 Å². The Morgan fingerprint density at radius 2 is 2.03 bits per heavy atom. The second kappa shape index (κ2) is 10.3. The zero-order valence-corrected chi connectivity index (χ0v) is 22.5. The van der Waals surface area contributed by atoms with Gasteiger partial charge in [-0.3, -0.25) is 14.7 Å². The zero-order chi connectivity index (χ0) is 28.6. The zero-order valence-electron chi connectivity index (χ0n) is 21.7. The number of aromatic nitrogens is 1. The number of nitrogens with two attached hydrogens (primary N) is 2. The maximum atomic E-state index is 15.5. The highest BCUT2D eigenvalue weighted by Gasteiger charge is 2.66. The van der Waals surface area contributed by atoms with Crippen LogP contribution >= 0.6 is 0 Å². The van der Waals surface area contributed by atoms with Crippen molar-refractivity contribution in [1.29, 1.82) is 0 Å². The number of pyridine rings is 1. The quantitative estimate of drug-likeness (QED) is 0.450. The monoisotopic (exact) mass is 560 g/mol. The molecule has 1 aromatic carbocycles. The number of anilines is 1. The molecule has 4 rings (SSSR count). The normalized spacial score (nSPS) is 25.3. The van der Waals surface area contributed by atoms with Crippen LogP contribution in [0.5, 0.6) is 0 Å². The highest BCUT2D eigenvalue weighted by atomic mass is 32.2. The third-order valence-corrected chi connectivity index (χ3v) is 9.96. The summed E-state index contributed by atoms with van der Waals surface area (Å²) >= 11 is 0. The van der Waals surface area contributed by atoms with Gasteiger partial charge in [0.15, 0.2) is 0 Å². The van der Waals surface area contributed by atoms with Crippen molar-refractivity contribution in [3.63, 3.8) is 0 Å². The van der Waals surface area contributed by atoms with Crippen molar-refractivity contribution in [3.05, 3.63) is 71.2 Å². The third kappa shape index (κ3) is 4.74. The summed E-state index contributed by atoms with van der Waals surface area (Å²) in [5.41, 5.74) is 10.9. The number of guanidine groups is 1. The van der Waals surface area contributed by atoms with Crippen molar-refractivity contribution in [2.75, 3.05) is 39.0 Å². The Morgan fingerprint density at radius 1 is 1.28 bits per heavy atom. The summed E-state index contributed by atoms with van der Waals surface area (Å²) in [7, 11) is -1.22. The number of aliphatic imine (C=N–C) groups is 2. The van der Waals surface area contributed by atoms with Crippen molar-refractivity contribution in [2.45, 2.75) is 23.6 Å². The van der Waals surface area contributed by atoms with E-state index in [9.17, 15) is 17.6 Å². The molecule has 0 saturated carbocycles. The van der Waals surface area contributed by atoms with Crippen LogP contribution in [0.3, 0.4) is 0 Å². The minimum atomic E-state index is -4.14. The van der Waals surface area contributed by atoms with Gasteiger partial charge in [-0.1, -0.05) is 0 Å². The molecule has 1 amide bonds. The maximum Gasteiger partial charge on any atom is 0.274 e. The molecule has 1 saturated heterocycles. The summed E-state index contributed by atoms with van der Waals surface area (Å²) in [5.74, 6) is -2.26. The Kier molecular flexibility index (Phi) is 7.45. The minimum absolute atomic E-state index is 0.0113. The number of carbonyl (C=O) groups excluding carboxylic acids is 1. The summed E-state index contributed by atoms with van der Waals surface area (Å²) in [6, 6.07) is 6.09. The highest BCUT2D eigenvalue weighted by molar-refractivity contribution is 7.91. The summed E-state index contributed by atoms with van der Waals surface area (Å²) in [6.07, 6.45) is 4.02. The van der Waals surface area contributed by atoms with Crippen molar-refractivity contribution in [3.8, 4) is 0 Å². The lowest BCUT2D eigenvalue weighted by Crippen LogP contribution is -2.66. The van der Waals surface area contributed by atoms with Crippen molar-refractivity contribution < 1.29 is 22.0 Å². The van der Waals surface area contributed by atoms with Crippen LogP contribution in [0.1, 0.15) is 29.4 Å². The number of amides is 1. The van der Waals surface area contributed by atoms with E-state index in [4.69, 9.17) is 11.5 Å². The first-order chi connectivity index (χ1) is 18.4. The van der Waals surface area contributed by atoms with Crippen molar-refractivity contribution >= 4 is 33.8 Å². The Labute approximate surface area is 225 Å². The van der Waals surface area contributed by atoms with Gasteiger partial charge >= 0.3 is 0 Å². The molecule has 0 bridgehead atoms. The predicted octanol–water partition coefficient (Wildman–Crippen LogP) is 1.40. The second-order valence-electron chi connectivity index (χ2n) is 9.61. The minimum Gasteiger partial charge on any atom is -0.404 e. The van der Waals surface area contributed by atoms with Gasteiger partial charge in [-0.05, 0) is 55.4 Å². The van der Waals surface area contributed by atoms with Crippen LogP contribution < -0.4 is 16.8 Å². The fraction of sp³-hybridized carbons (Fsp3) is 0.360. The smallest absolute Gasteiger partial charge is 0.274 e. The van der Waals surface area contributed by atoms with E-state index >= 15 is 4.39 Å². The first-order valence-electron chi connectivity index (χ1n) is 12.0. The lowest BCUT2D eigenvalue weighted by molar-refractivity contribution is 0.102. The Bertz CT molecular complexity index is 1480. The predicted molar refractivity (Wildman–Crippen MR) is 145 cm³/mol. The van der Waals surface area contributed by atoms with Gasteiger partial charge in [0.2, 0.25) is 16.0 Å². The molecular weight excluding hydrogens is 530 g/mol. The molecule has 14 heteroatoms. The van der Waals surface area contributed by atoms with Gasteiger partial charge < -0.3 is 16.8 Å². The summed E-state index contributed by atoms with van der Waals surface area (Å²) in [4.78, 5) is 26.9. The average molecular weight is 561 g/mol. The van der Waals surface area contributed by atoms with E-state index in [0.717, 1.165) is 22.6 Å². The summed E-state index contributed by atoms with van der Waals surface area (Å²) in [6.45, 7) is 2.23. The van der Waals surface area contributed by atoms with E-state index in [0.29, 0.717) is 18.7 Å². The average Bonchev–Trinajstić information content (AvgIpc) is 3.34. The molecule has 208 valence electrons. The molecule has 2 aromatic rings. The number of hydrogen-bond acceptors (Lipinski definition) is 9. The fourth-order valence-corrected chi connectivity index (χ4v) is 7.35. The third-order valence-electron chi connectivity index (χ3n) is 7.34. The van der Waals surface area contributed by atoms with Crippen LogP contribution in [0.4, 0.5) is 14.5 Å². The number of nitrogens with one attached hydrogen (secondary N) is 1. The molecule has 2 aliphatic heterocycles. The van der Waals surface area contributed by atoms with E-state index in [2.05, 4.69) is 20.3 Å². The SMILES string of the molecule is CN=CC(=CN)CN1CC[C@]2(C1)[C@@](C)(c1cc(NC(=O)c3ccc(F)cn3)ccc1F)N=C(N)N(C)S2(=O)=O. The largest absolute Gasteiger partial charge is 0.404 e. The standard InChI is InChI=1S/C25H30F2N8O3S/c1-24(19-10-18(5-6-20(19)27)32-22(36)21-7-4-17(26)13-31-21)25(39(37,38)34(3)23(29)33-24)8-9-35(15-25)14-16(11-28)12-30-2/h4-7,10-13H,8-9,14-15,28H2,1-3H3,(H2,29,33)(H,32,36)/t24-,25+/m1/s1. The van der Waals surface area contributed by atoms with E-state index < -0.39 is 37.9 Å². The van der Waals surface area contributed by atoms with Gasteiger partial charge in [0.1, 0.15) is 27.6 Å². The summed E-state index contributed by atoms with van der Waals surface area (Å²) < 4.78 is 56.1. The molecule has 39 heavy (non-hydrogen) atoms. The van der Waals surface area contributed by atoms with Crippen LogP contribution in [0, 0.1) is 11.6 Å². The van der Waals surface area contributed by atoms with Crippen LogP contribution in [0.15, 0.2) is 58.3 Å². The number of halogens is 2. The number of likely N-dealkylation sites (tertiary alicyclic amines) is 1. The van der Waals surface area contributed by atoms with Crippen molar-refractivity contribution in [1.82, 2.24) is 14.2 Å². The molecule has 0 unspecified atom stereocenters. The van der Waals surface area contributed by atoms with Crippen molar-refractivity contribution in [2.24, 2.45) is 21.5 Å². The maximum absolute atomic E-state index is 15.5. The van der Waals surface area contributed by atoms with Gasteiger partial charge in [0.25, 0.3) is 5.91 Å². The lowest BCUT2D eigenvalue weighted by Gasteiger charge is -2.48. The lowest BCUT2D eigenvalue weighted by atomic mass is 9.78. The molecule has 3 heterocycles. The molecule has 0 aliphatic carbocycles. The fourth-order valence-electron chi connectivity index (χ4n) is 5.19. The Balaban J connectivity index is 1.78. The second-order valence-corrected chi connectivity index (χ2v) is 11.9. The summed E-state index contributed by atoms with van der Waals surface area (Å²) in [5, 5.41) is 2.60. The topological polar surface area (TPSA) is 159 Å². The first-order valence-corrected chi connectivity index (χ1v) is 13.4. The molecule has 0 radical (unpaired) electrons. The molecule has 11 nitrogen and oxygen atoms in total. The molecule has 5 N–H and O–H groups in total. The number of rotatable bonds is 6.